The maximum Gasteiger partial charge on any atom is 0.305 e. The van der Waals surface area contributed by atoms with Crippen molar-refractivity contribution in [1.82, 2.24) is 9.62 Å². The highest BCUT2D eigenvalue weighted by molar-refractivity contribution is 7.89. The molecule has 8 nitrogen and oxygen atoms in total. The fourth-order valence-electron chi connectivity index (χ4n) is 4.52. The molecule has 0 bridgehead atoms. The molecule has 0 aromatic heterocycles. The van der Waals surface area contributed by atoms with Gasteiger partial charge in [0.15, 0.2) is 0 Å². The summed E-state index contributed by atoms with van der Waals surface area (Å²) in [5.74, 6) is -1.72. The third kappa shape index (κ3) is 6.00. The quantitative estimate of drug-likeness (QED) is 0.390. The zero-order valence-electron chi connectivity index (χ0n) is 20.0. The van der Waals surface area contributed by atoms with Crippen molar-refractivity contribution in [2.45, 2.75) is 36.2 Å². The average molecular weight is 572 g/mol. The summed E-state index contributed by atoms with van der Waals surface area (Å²) in [7, 11) is -4.08. The molecule has 1 aliphatic rings. The smallest absolute Gasteiger partial charge is 0.305 e. The summed E-state index contributed by atoms with van der Waals surface area (Å²) in [5, 5.41) is 21.9. The molecule has 1 saturated heterocycles. The van der Waals surface area contributed by atoms with Crippen molar-refractivity contribution in [3.63, 3.8) is 0 Å². The van der Waals surface area contributed by atoms with Gasteiger partial charge < -0.3 is 10.4 Å². The lowest BCUT2D eigenvalue weighted by Crippen LogP contribution is -2.47. The van der Waals surface area contributed by atoms with Gasteiger partial charge in [-0.3, -0.25) is 9.59 Å². The third-order valence-corrected chi connectivity index (χ3v) is 8.64. The number of halogens is 2. The van der Waals surface area contributed by atoms with E-state index >= 15 is 0 Å². The van der Waals surface area contributed by atoms with Crippen LogP contribution in [0.3, 0.4) is 0 Å². The second kappa shape index (κ2) is 11.5. The van der Waals surface area contributed by atoms with Crippen molar-refractivity contribution in [2.24, 2.45) is 0 Å². The number of carboxylic acid groups (broad SMARTS) is 1. The van der Waals surface area contributed by atoms with Gasteiger partial charge in [0.25, 0.3) is 0 Å². The van der Waals surface area contributed by atoms with Gasteiger partial charge in [0.2, 0.25) is 15.9 Å². The maximum atomic E-state index is 13.3. The molecule has 1 amide bonds. The van der Waals surface area contributed by atoms with E-state index in [4.69, 9.17) is 23.2 Å². The molecule has 3 aromatic carbocycles. The molecule has 0 spiro atoms. The molecule has 11 heteroatoms. The number of carboxylic acids is 1. The normalized spacial score (nSPS) is 16.5. The second-order valence-electron chi connectivity index (χ2n) is 8.82. The first-order valence-electron chi connectivity index (χ1n) is 11.7. The molecule has 0 saturated carbocycles. The first-order chi connectivity index (χ1) is 18.1. The molecular weight excluding hydrogens is 549 g/mol. The van der Waals surface area contributed by atoms with E-state index in [9.17, 15) is 28.4 Å². The van der Waals surface area contributed by atoms with Gasteiger partial charge >= 0.3 is 5.97 Å². The van der Waals surface area contributed by atoms with Gasteiger partial charge in [-0.25, -0.2) is 8.42 Å². The number of sulfonamides is 1. The van der Waals surface area contributed by atoms with Crippen molar-refractivity contribution < 1.29 is 23.1 Å². The highest BCUT2D eigenvalue weighted by Crippen LogP contribution is 2.31. The predicted octanol–water partition coefficient (Wildman–Crippen LogP) is 5.02. The summed E-state index contributed by atoms with van der Waals surface area (Å²) in [6, 6.07) is 18.2. The number of hydrogen-bond acceptors (Lipinski definition) is 5. The van der Waals surface area contributed by atoms with Crippen LogP contribution in [-0.2, 0) is 19.6 Å². The number of nitrogens with one attached hydrogen (secondary N) is 1. The van der Waals surface area contributed by atoms with Crippen molar-refractivity contribution >= 4 is 45.1 Å². The van der Waals surface area contributed by atoms with Crippen LogP contribution in [0.15, 0.2) is 71.6 Å². The number of benzene rings is 3. The molecule has 0 aliphatic carbocycles. The van der Waals surface area contributed by atoms with E-state index < -0.39 is 40.4 Å². The number of carbonyl (C=O) groups excluding carboxylic acids is 1. The van der Waals surface area contributed by atoms with Gasteiger partial charge in [-0.1, -0.05) is 65.7 Å². The average Bonchev–Trinajstić information content (AvgIpc) is 3.39. The van der Waals surface area contributed by atoms with E-state index in [0.717, 1.165) is 15.4 Å². The van der Waals surface area contributed by atoms with E-state index in [2.05, 4.69) is 11.4 Å². The van der Waals surface area contributed by atoms with Crippen LogP contribution in [0.2, 0.25) is 10.0 Å². The minimum Gasteiger partial charge on any atom is -0.481 e. The van der Waals surface area contributed by atoms with Crippen molar-refractivity contribution in [1.29, 1.82) is 5.26 Å². The number of rotatable bonds is 8. The molecule has 4 rings (SSSR count). The predicted molar refractivity (Wildman–Crippen MR) is 143 cm³/mol. The highest BCUT2D eigenvalue weighted by Gasteiger charge is 2.40. The zero-order valence-corrected chi connectivity index (χ0v) is 22.3. The maximum absolute atomic E-state index is 13.3. The molecule has 2 atom stereocenters. The number of aliphatic carboxylic acids is 1. The SMILES string of the molecule is N#Cc1ccccc1-c1ccc([C@@H](CC(=O)O)NC(=O)[C@@H]2CCCN2S(=O)(=O)c2cc(Cl)cc(Cl)c2)cc1. The van der Waals surface area contributed by atoms with Gasteiger partial charge in [-0.15, -0.1) is 0 Å². The Bertz CT molecular complexity index is 1500. The van der Waals surface area contributed by atoms with E-state index in [1.54, 1.807) is 36.4 Å². The Hall–Kier alpha value is -3.42. The Morgan fingerprint density at radius 2 is 1.74 bits per heavy atom. The summed E-state index contributed by atoms with van der Waals surface area (Å²) in [5.41, 5.74) is 2.53. The summed E-state index contributed by atoms with van der Waals surface area (Å²) in [4.78, 5) is 24.8. The molecule has 3 aromatic rings. The molecule has 1 heterocycles. The summed E-state index contributed by atoms with van der Waals surface area (Å²) >= 11 is 12.0. The van der Waals surface area contributed by atoms with Crippen LogP contribution in [0.4, 0.5) is 0 Å². The van der Waals surface area contributed by atoms with Crippen LogP contribution in [0.1, 0.15) is 36.4 Å². The number of nitriles is 1. The molecule has 1 aliphatic heterocycles. The number of amides is 1. The lowest BCUT2D eigenvalue weighted by Gasteiger charge is -2.26. The van der Waals surface area contributed by atoms with Crippen molar-refractivity contribution in [3.8, 4) is 17.2 Å². The topological polar surface area (TPSA) is 128 Å². The summed E-state index contributed by atoms with van der Waals surface area (Å²) < 4.78 is 27.7. The number of hydrogen-bond donors (Lipinski definition) is 2. The Kier molecular flexibility index (Phi) is 8.38. The first kappa shape index (κ1) is 27.6. The number of carbonyl (C=O) groups is 2. The Morgan fingerprint density at radius 3 is 2.37 bits per heavy atom. The minimum absolute atomic E-state index is 0.120. The molecule has 0 radical (unpaired) electrons. The zero-order chi connectivity index (χ0) is 27.4. The molecule has 2 N–H and O–H groups in total. The minimum atomic E-state index is -4.08. The van der Waals surface area contributed by atoms with Gasteiger partial charge in [-0.05, 0) is 53.8 Å². The Morgan fingerprint density at radius 1 is 1.08 bits per heavy atom. The fraction of sp³-hybridized carbons (Fsp3) is 0.222. The molecule has 38 heavy (non-hydrogen) atoms. The first-order valence-corrected chi connectivity index (χ1v) is 13.9. The van der Waals surface area contributed by atoms with Crippen LogP contribution in [-0.4, -0.2) is 42.3 Å². The van der Waals surface area contributed by atoms with Gasteiger partial charge in [0.05, 0.1) is 29.0 Å². The highest BCUT2D eigenvalue weighted by atomic mass is 35.5. The van der Waals surface area contributed by atoms with Gasteiger partial charge in [0.1, 0.15) is 6.04 Å². The Balaban J connectivity index is 1.57. The second-order valence-corrected chi connectivity index (χ2v) is 11.6. The van der Waals surface area contributed by atoms with Crippen LogP contribution in [0, 0.1) is 11.3 Å². The largest absolute Gasteiger partial charge is 0.481 e. The van der Waals surface area contributed by atoms with Crippen LogP contribution >= 0.6 is 23.2 Å². The van der Waals surface area contributed by atoms with E-state index in [1.807, 2.05) is 12.1 Å². The van der Waals surface area contributed by atoms with E-state index in [-0.39, 0.29) is 27.9 Å². The summed E-state index contributed by atoms with van der Waals surface area (Å²) in [6.07, 6.45) is 0.342. The molecule has 0 unspecified atom stereocenters. The molecule has 1 fully saturated rings. The third-order valence-electron chi connectivity index (χ3n) is 6.32. The summed E-state index contributed by atoms with van der Waals surface area (Å²) in [6.45, 7) is 0.126. The van der Waals surface area contributed by atoms with Crippen molar-refractivity contribution in [2.75, 3.05) is 6.54 Å². The van der Waals surface area contributed by atoms with E-state index in [0.29, 0.717) is 17.5 Å². The van der Waals surface area contributed by atoms with Gasteiger partial charge in [0, 0.05) is 16.6 Å². The lowest BCUT2D eigenvalue weighted by molar-refractivity contribution is -0.137. The van der Waals surface area contributed by atoms with Crippen LogP contribution in [0.25, 0.3) is 11.1 Å². The van der Waals surface area contributed by atoms with Crippen molar-refractivity contribution in [3.05, 3.63) is 87.9 Å². The van der Waals surface area contributed by atoms with E-state index in [1.165, 1.54) is 18.2 Å². The molecule has 196 valence electrons. The van der Waals surface area contributed by atoms with Gasteiger partial charge in [-0.2, -0.15) is 9.57 Å². The Labute approximate surface area is 230 Å². The number of nitrogens with zero attached hydrogens (tertiary/aromatic N) is 2. The standard InChI is InChI=1S/C27H23Cl2N3O5S/c28-20-12-21(29)14-22(13-20)38(36,37)32-11-3-6-25(32)27(35)31-24(15-26(33)34)18-9-7-17(8-10-18)23-5-2-1-4-19(23)16-30/h1-2,4-5,7-10,12-14,24-25H,3,6,11,15H2,(H,31,35)(H,33,34)/t24-,25+/m1/s1. The fourth-order valence-corrected chi connectivity index (χ4v) is 6.91. The van der Waals surface area contributed by atoms with Crippen LogP contribution < -0.4 is 5.32 Å². The molecular formula is C27H23Cl2N3O5S. The van der Waals surface area contributed by atoms with Crippen LogP contribution in [0.5, 0.6) is 0 Å². The monoisotopic (exact) mass is 571 g/mol. The lowest BCUT2D eigenvalue weighted by atomic mass is 9.96.